The second-order valence-electron chi connectivity index (χ2n) is 5.52. The summed E-state index contributed by atoms with van der Waals surface area (Å²) in [4.78, 5) is 0. The van der Waals surface area contributed by atoms with Crippen LogP contribution in [0.5, 0.6) is 5.75 Å². The van der Waals surface area contributed by atoms with Crippen LogP contribution in [0.3, 0.4) is 0 Å². The normalized spacial score (nSPS) is 33.4. The van der Waals surface area contributed by atoms with E-state index in [9.17, 15) is 5.11 Å². The van der Waals surface area contributed by atoms with Gasteiger partial charge in [0.1, 0.15) is 11.9 Å². The molecule has 4 atom stereocenters. The van der Waals surface area contributed by atoms with Gasteiger partial charge in [-0.25, -0.2) is 0 Å². The SMILES string of the molecule is Cc1ccc(OC2C(C)CC(C)CC2O)cc1. The van der Waals surface area contributed by atoms with Crippen molar-refractivity contribution >= 4 is 0 Å². The van der Waals surface area contributed by atoms with E-state index in [0.29, 0.717) is 11.8 Å². The van der Waals surface area contributed by atoms with Crippen LogP contribution in [0.15, 0.2) is 24.3 Å². The van der Waals surface area contributed by atoms with Crippen LogP contribution in [0.1, 0.15) is 32.3 Å². The van der Waals surface area contributed by atoms with Crippen molar-refractivity contribution in [3.8, 4) is 5.75 Å². The van der Waals surface area contributed by atoms with Crippen molar-refractivity contribution < 1.29 is 9.84 Å². The first-order valence-corrected chi connectivity index (χ1v) is 6.47. The minimum atomic E-state index is -0.338. The van der Waals surface area contributed by atoms with Crippen molar-refractivity contribution in [3.05, 3.63) is 29.8 Å². The number of ether oxygens (including phenoxy) is 1. The van der Waals surface area contributed by atoms with Gasteiger partial charge in [0.15, 0.2) is 0 Å². The van der Waals surface area contributed by atoms with Crippen LogP contribution < -0.4 is 4.74 Å². The second kappa shape index (κ2) is 5.09. The standard InChI is InChI=1S/C15H22O2/c1-10-4-6-13(7-5-10)17-15-12(3)8-11(2)9-14(15)16/h4-7,11-12,14-16H,8-9H2,1-3H3. The minimum absolute atomic E-state index is 0.0612. The van der Waals surface area contributed by atoms with Gasteiger partial charge in [-0.05, 0) is 43.7 Å². The summed E-state index contributed by atoms with van der Waals surface area (Å²) in [6, 6.07) is 8.04. The van der Waals surface area contributed by atoms with Gasteiger partial charge >= 0.3 is 0 Å². The molecule has 2 heteroatoms. The molecule has 0 amide bonds. The Kier molecular flexibility index (Phi) is 3.72. The van der Waals surface area contributed by atoms with E-state index in [2.05, 4.69) is 20.8 Å². The van der Waals surface area contributed by atoms with Gasteiger partial charge < -0.3 is 9.84 Å². The zero-order valence-electron chi connectivity index (χ0n) is 10.9. The van der Waals surface area contributed by atoms with E-state index in [1.54, 1.807) is 0 Å². The maximum absolute atomic E-state index is 10.1. The van der Waals surface area contributed by atoms with Crippen molar-refractivity contribution in [1.29, 1.82) is 0 Å². The molecule has 1 N–H and O–H groups in total. The van der Waals surface area contributed by atoms with Crippen molar-refractivity contribution in [2.45, 2.75) is 45.8 Å². The smallest absolute Gasteiger partial charge is 0.127 e. The van der Waals surface area contributed by atoms with Crippen LogP contribution in [0, 0.1) is 18.8 Å². The van der Waals surface area contributed by atoms with Crippen LogP contribution in [-0.4, -0.2) is 17.3 Å². The number of rotatable bonds is 2. The Balaban J connectivity index is 2.04. The first-order chi connectivity index (χ1) is 8.06. The third kappa shape index (κ3) is 3.01. The lowest BCUT2D eigenvalue weighted by Crippen LogP contribution is -2.43. The van der Waals surface area contributed by atoms with Crippen LogP contribution in [0.25, 0.3) is 0 Å². The molecule has 1 aromatic carbocycles. The number of aliphatic hydroxyl groups is 1. The predicted octanol–water partition coefficient (Wildman–Crippen LogP) is 3.17. The van der Waals surface area contributed by atoms with Crippen molar-refractivity contribution in [2.75, 3.05) is 0 Å². The summed E-state index contributed by atoms with van der Waals surface area (Å²) in [7, 11) is 0. The van der Waals surface area contributed by atoms with E-state index in [0.717, 1.165) is 18.6 Å². The summed E-state index contributed by atoms with van der Waals surface area (Å²) < 4.78 is 5.93. The van der Waals surface area contributed by atoms with E-state index >= 15 is 0 Å². The number of aryl methyl sites for hydroxylation is 1. The molecule has 1 aliphatic rings. The monoisotopic (exact) mass is 234 g/mol. The summed E-state index contributed by atoms with van der Waals surface area (Å²) in [6.07, 6.45) is 1.58. The Morgan fingerprint density at radius 2 is 1.76 bits per heavy atom. The molecule has 0 heterocycles. The molecule has 0 aliphatic heterocycles. The predicted molar refractivity (Wildman–Crippen MR) is 69.2 cm³/mol. The molecule has 1 fully saturated rings. The lowest BCUT2D eigenvalue weighted by atomic mass is 9.79. The summed E-state index contributed by atoms with van der Waals surface area (Å²) >= 11 is 0. The van der Waals surface area contributed by atoms with Gasteiger partial charge in [-0.1, -0.05) is 31.5 Å². The van der Waals surface area contributed by atoms with Crippen LogP contribution in [0.2, 0.25) is 0 Å². The van der Waals surface area contributed by atoms with E-state index in [4.69, 9.17) is 4.74 Å². The fraction of sp³-hybridized carbons (Fsp3) is 0.600. The summed E-state index contributed by atoms with van der Waals surface area (Å²) in [5.74, 6) is 1.87. The number of hydrogen-bond acceptors (Lipinski definition) is 2. The second-order valence-corrected chi connectivity index (χ2v) is 5.52. The first kappa shape index (κ1) is 12.4. The fourth-order valence-electron chi connectivity index (χ4n) is 2.76. The van der Waals surface area contributed by atoms with Crippen molar-refractivity contribution in [3.63, 3.8) is 0 Å². The van der Waals surface area contributed by atoms with Crippen LogP contribution in [0.4, 0.5) is 0 Å². The Bertz CT molecular complexity index is 346. The zero-order chi connectivity index (χ0) is 12.4. The largest absolute Gasteiger partial charge is 0.487 e. The Morgan fingerprint density at radius 3 is 2.35 bits per heavy atom. The summed E-state index contributed by atoms with van der Waals surface area (Å²) in [5, 5.41) is 10.1. The Morgan fingerprint density at radius 1 is 1.12 bits per heavy atom. The third-order valence-corrected chi connectivity index (χ3v) is 3.65. The van der Waals surface area contributed by atoms with Crippen molar-refractivity contribution in [1.82, 2.24) is 0 Å². The number of benzene rings is 1. The van der Waals surface area contributed by atoms with Gasteiger partial charge in [0.25, 0.3) is 0 Å². The lowest BCUT2D eigenvalue weighted by molar-refractivity contribution is -0.0388. The fourth-order valence-corrected chi connectivity index (χ4v) is 2.76. The van der Waals surface area contributed by atoms with E-state index in [1.165, 1.54) is 5.56 Å². The maximum atomic E-state index is 10.1. The minimum Gasteiger partial charge on any atom is -0.487 e. The number of hydrogen-bond donors (Lipinski definition) is 1. The highest BCUT2D eigenvalue weighted by Gasteiger charge is 2.34. The Labute approximate surface area is 104 Å². The van der Waals surface area contributed by atoms with E-state index in [1.807, 2.05) is 24.3 Å². The molecule has 17 heavy (non-hydrogen) atoms. The molecule has 2 rings (SSSR count). The highest BCUT2D eigenvalue weighted by molar-refractivity contribution is 5.26. The molecule has 0 aromatic heterocycles. The van der Waals surface area contributed by atoms with Gasteiger partial charge in [-0.15, -0.1) is 0 Å². The van der Waals surface area contributed by atoms with E-state index in [-0.39, 0.29) is 12.2 Å². The zero-order valence-corrected chi connectivity index (χ0v) is 10.9. The maximum Gasteiger partial charge on any atom is 0.127 e. The average molecular weight is 234 g/mol. The van der Waals surface area contributed by atoms with Crippen LogP contribution in [-0.2, 0) is 0 Å². The van der Waals surface area contributed by atoms with Gasteiger partial charge in [-0.2, -0.15) is 0 Å². The number of aliphatic hydroxyl groups excluding tert-OH is 1. The van der Waals surface area contributed by atoms with Gasteiger partial charge in [0, 0.05) is 0 Å². The first-order valence-electron chi connectivity index (χ1n) is 6.47. The molecule has 2 nitrogen and oxygen atoms in total. The molecule has 0 bridgehead atoms. The highest BCUT2D eigenvalue weighted by Crippen LogP contribution is 2.32. The molecule has 0 saturated heterocycles. The third-order valence-electron chi connectivity index (χ3n) is 3.65. The molecular formula is C15H22O2. The topological polar surface area (TPSA) is 29.5 Å². The van der Waals surface area contributed by atoms with E-state index < -0.39 is 0 Å². The van der Waals surface area contributed by atoms with Gasteiger partial charge in [0.2, 0.25) is 0 Å². The molecular weight excluding hydrogens is 212 g/mol. The lowest BCUT2D eigenvalue weighted by Gasteiger charge is -2.36. The molecule has 94 valence electrons. The summed E-state index contributed by atoms with van der Waals surface area (Å²) in [6.45, 7) is 6.42. The molecule has 1 saturated carbocycles. The highest BCUT2D eigenvalue weighted by atomic mass is 16.5. The van der Waals surface area contributed by atoms with Gasteiger partial charge in [0.05, 0.1) is 6.10 Å². The molecule has 4 unspecified atom stereocenters. The van der Waals surface area contributed by atoms with Crippen molar-refractivity contribution in [2.24, 2.45) is 11.8 Å². The van der Waals surface area contributed by atoms with Gasteiger partial charge in [-0.3, -0.25) is 0 Å². The quantitative estimate of drug-likeness (QED) is 0.851. The summed E-state index contributed by atoms with van der Waals surface area (Å²) in [5.41, 5.74) is 1.23. The van der Waals surface area contributed by atoms with Crippen LogP contribution >= 0.6 is 0 Å². The Hall–Kier alpha value is -1.02. The molecule has 0 spiro atoms. The molecule has 0 radical (unpaired) electrons. The average Bonchev–Trinajstić information content (AvgIpc) is 2.26. The molecule has 1 aromatic rings. The molecule has 1 aliphatic carbocycles.